The predicted molar refractivity (Wildman–Crippen MR) is 97.2 cm³/mol. The Morgan fingerprint density at radius 1 is 1.15 bits per heavy atom. The number of thioether (sulfide) groups is 1. The number of methoxy groups -OCH3 is 1. The van der Waals surface area contributed by atoms with Crippen LogP contribution in [0.3, 0.4) is 0 Å². The molecule has 0 amide bonds. The number of para-hydroxylation sites is 2. The van der Waals surface area contributed by atoms with E-state index in [9.17, 15) is 5.11 Å². The second-order valence-corrected chi connectivity index (χ2v) is 5.97. The average molecular weight is 373 g/mol. The van der Waals surface area contributed by atoms with Gasteiger partial charge in [0.1, 0.15) is 6.61 Å². The molecule has 26 heavy (non-hydrogen) atoms. The summed E-state index contributed by atoms with van der Waals surface area (Å²) < 4.78 is 12.7. The maximum atomic E-state index is 9.29. The van der Waals surface area contributed by atoms with Crippen molar-refractivity contribution in [2.45, 2.75) is 18.3 Å². The van der Waals surface area contributed by atoms with Crippen molar-refractivity contribution in [3.05, 3.63) is 42.5 Å². The van der Waals surface area contributed by atoms with Crippen LogP contribution in [0.25, 0.3) is 11.4 Å². The third kappa shape index (κ3) is 4.12. The number of aliphatic hydroxyl groups excluding tert-OH is 1. The molecular formula is C17H19N5O3S. The first-order chi connectivity index (χ1) is 12.7. The minimum absolute atomic E-state index is 0.0487. The summed E-state index contributed by atoms with van der Waals surface area (Å²) in [5.41, 5.74) is 0.729. The molecule has 2 heterocycles. The van der Waals surface area contributed by atoms with Crippen LogP contribution in [-0.2, 0) is 13.2 Å². The van der Waals surface area contributed by atoms with Crippen molar-refractivity contribution in [3.63, 3.8) is 0 Å². The number of aromatic nitrogens is 5. The molecule has 1 N–H and O–H groups in total. The van der Waals surface area contributed by atoms with Crippen molar-refractivity contribution in [1.29, 1.82) is 0 Å². The molecule has 9 heteroatoms. The van der Waals surface area contributed by atoms with Crippen molar-refractivity contribution >= 4 is 11.8 Å². The highest BCUT2D eigenvalue weighted by molar-refractivity contribution is 7.98. The number of rotatable bonds is 8. The first kappa shape index (κ1) is 18.2. The van der Waals surface area contributed by atoms with Gasteiger partial charge in [0.05, 0.1) is 25.8 Å². The van der Waals surface area contributed by atoms with Gasteiger partial charge in [0.2, 0.25) is 0 Å². The Bertz CT molecular complexity index is 854. The highest BCUT2D eigenvalue weighted by atomic mass is 32.2. The monoisotopic (exact) mass is 373 g/mol. The van der Waals surface area contributed by atoms with E-state index in [0.717, 1.165) is 5.56 Å². The molecule has 0 radical (unpaired) electrons. The fourth-order valence-electron chi connectivity index (χ4n) is 2.33. The summed E-state index contributed by atoms with van der Waals surface area (Å²) in [4.78, 5) is 13.0. The molecule has 0 fully saturated rings. The van der Waals surface area contributed by atoms with Gasteiger partial charge < -0.3 is 14.6 Å². The van der Waals surface area contributed by atoms with Gasteiger partial charge >= 0.3 is 0 Å². The van der Waals surface area contributed by atoms with Gasteiger partial charge in [0, 0.05) is 12.4 Å². The molecule has 1 aromatic carbocycles. The van der Waals surface area contributed by atoms with E-state index < -0.39 is 0 Å². The van der Waals surface area contributed by atoms with Crippen molar-refractivity contribution in [2.75, 3.05) is 20.0 Å². The lowest BCUT2D eigenvalue weighted by molar-refractivity contribution is 0.263. The van der Waals surface area contributed by atoms with E-state index in [1.807, 2.05) is 30.5 Å². The van der Waals surface area contributed by atoms with Crippen molar-refractivity contribution in [1.82, 2.24) is 24.7 Å². The summed E-state index contributed by atoms with van der Waals surface area (Å²) in [5.74, 6) is 2.34. The van der Waals surface area contributed by atoms with Gasteiger partial charge in [-0.05, 0) is 18.4 Å². The third-order valence-corrected chi connectivity index (χ3v) is 4.10. The van der Waals surface area contributed by atoms with Gasteiger partial charge in [-0.25, -0.2) is 19.6 Å². The van der Waals surface area contributed by atoms with E-state index >= 15 is 0 Å². The summed E-state index contributed by atoms with van der Waals surface area (Å²) in [6, 6.07) is 7.38. The van der Waals surface area contributed by atoms with Crippen LogP contribution < -0.4 is 9.47 Å². The molecule has 0 saturated heterocycles. The van der Waals surface area contributed by atoms with E-state index in [-0.39, 0.29) is 13.2 Å². The Hall–Kier alpha value is -2.65. The zero-order valence-corrected chi connectivity index (χ0v) is 15.3. The van der Waals surface area contributed by atoms with Gasteiger partial charge in [-0.3, -0.25) is 0 Å². The molecule has 0 aliphatic carbocycles. The first-order valence-corrected chi connectivity index (χ1v) is 9.14. The summed E-state index contributed by atoms with van der Waals surface area (Å²) >= 11 is 1.46. The van der Waals surface area contributed by atoms with Gasteiger partial charge in [0.25, 0.3) is 0 Å². The highest BCUT2D eigenvalue weighted by Crippen LogP contribution is 2.26. The van der Waals surface area contributed by atoms with Crippen LogP contribution in [0.15, 0.2) is 41.8 Å². The van der Waals surface area contributed by atoms with Gasteiger partial charge in [0.15, 0.2) is 28.3 Å². The fourth-order valence-corrected chi connectivity index (χ4v) is 2.65. The standard InChI is InChI=1S/C17H19N5O3S/c1-24-13-5-3-4-6-14(13)25-11-15-20-16(22(21-15)7-8-23)12-9-18-17(26-2)19-10-12/h3-6,9-10,23H,7-8,11H2,1-2H3. The molecule has 0 unspecified atom stereocenters. The Morgan fingerprint density at radius 2 is 1.88 bits per heavy atom. The third-order valence-electron chi connectivity index (χ3n) is 3.52. The predicted octanol–water partition coefficient (Wildman–Crippen LogP) is 2.04. The van der Waals surface area contributed by atoms with Crippen LogP contribution in [-0.4, -0.2) is 49.8 Å². The highest BCUT2D eigenvalue weighted by Gasteiger charge is 2.14. The lowest BCUT2D eigenvalue weighted by Gasteiger charge is -2.08. The van der Waals surface area contributed by atoms with E-state index in [1.165, 1.54) is 11.8 Å². The number of nitrogens with zero attached hydrogens (tertiary/aromatic N) is 5. The van der Waals surface area contributed by atoms with Crippen LogP contribution in [0.1, 0.15) is 5.82 Å². The van der Waals surface area contributed by atoms with Gasteiger partial charge in [-0.15, -0.1) is 0 Å². The van der Waals surface area contributed by atoms with Crippen molar-refractivity contribution in [2.24, 2.45) is 0 Å². The number of ether oxygens (including phenoxy) is 2. The summed E-state index contributed by atoms with van der Waals surface area (Å²) in [6.07, 6.45) is 5.31. The Labute approximate surface area is 155 Å². The second-order valence-electron chi connectivity index (χ2n) is 5.20. The van der Waals surface area contributed by atoms with Crippen LogP contribution in [0.4, 0.5) is 0 Å². The normalized spacial score (nSPS) is 10.7. The molecule has 136 valence electrons. The number of hydrogen-bond acceptors (Lipinski definition) is 8. The van der Waals surface area contributed by atoms with E-state index in [2.05, 4.69) is 20.1 Å². The molecule has 0 saturated carbocycles. The van der Waals surface area contributed by atoms with Crippen LogP contribution in [0.5, 0.6) is 11.5 Å². The van der Waals surface area contributed by atoms with E-state index in [4.69, 9.17) is 9.47 Å². The largest absolute Gasteiger partial charge is 0.493 e. The van der Waals surface area contributed by atoms with Crippen molar-refractivity contribution < 1.29 is 14.6 Å². The number of benzene rings is 1. The lowest BCUT2D eigenvalue weighted by atomic mass is 10.3. The Morgan fingerprint density at radius 3 is 2.54 bits per heavy atom. The van der Waals surface area contributed by atoms with E-state index in [0.29, 0.717) is 34.8 Å². The number of aliphatic hydroxyl groups is 1. The summed E-state index contributed by atoms with van der Waals surface area (Å²) in [7, 11) is 1.59. The average Bonchev–Trinajstić information content (AvgIpc) is 3.09. The lowest BCUT2D eigenvalue weighted by Crippen LogP contribution is -2.07. The fraction of sp³-hybridized carbons (Fsp3) is 0.294. The molecule has 3 rings (SSSR count). The first-order valence-electron chi connectivity index (χ1n) is 7.92. The number of hydrogen-bond donors (Lipinski definition) is 1. The molecule has 8 nitrogen and oxygen atoms in total. The van der Waals surface area contributed by atoms with Crippen LogP contribution in [0, 0.1) is 0 Å². The molecule has 0 bridgehead atoms. The molecule has 3 aromatic rings. The van der Waals surface area contributed by atoms with Crippen LogP contribution >= 0.6 is 11.8 Å². The maximum Gasteiger partial charge on any atom is 0.188 e. The Balaban J connectivity index is 1.82. The molecule has 0 atom stereocenters. The topological polar surface area (TPSA) is 95.2 Å². The summed E-state index contributed by atoms with van der Waals surface area (Å²) in [6.45, 7) is 0.448. The zero-order chi connectivity index (χ0) is 18.4. The minimum Gasteiger partial charge on any atom is -0.493 e. The molecule has 0 aliphatic heterocycles. The maximum absolute atomic E-state index is 9.29. The van der Waals surface area contributed by atoms with Gasteiger partial charge in [-0.1, -0.05) is 23.9 Å². The molecule has 0 spiro atoms. The van der Waals surface area contributed by atoms with E-state index in [1.54, 1.807) is 24.2 Å². The summed E-state index contributed by atoms with van der Waals surface area (Å²) in [5, 5.41) is 14.4. The zero-order valence-electron chi connectivity index (χ0n) is 14.5. The minimum atomic E-state index is -0.0487. The van der Waals surface area contributed by atoms with Gasteiger partial charge in [-0.2, -0.15) is 5.10 Å². The Kier molecular flexibility index (Phi) is 6.03. The molecular weight excluding hydrogens is 354 g/mol. The molecule has 0 aliphatic rings. The van der Waals surface area contributed by atoms with Crippen LogP contribution in [0.2, 0.25) is 0 Å². The smallest absolute Gasteiger partial charge is 0.188 e. The molecule has 2 aromatic heterocycles. The SMILES string of the molecule is COc1ccccc1OCc1nc(-c2cnc(SC)nc2)n(CCO)n1. The quantitative estimate of drug-likeness (QED) is 0.473. The second kappa shape index (κ2) is 8.63. The van der Waals surface area contributed by atoms with Crippen molar-refractivity contribution in [3.8, 4) is 22.9 Å².